The van der Waals surface area contributed by atoms with Gasteiger partial charge in [0.2, 0.25) is 0 Å². The number of halogens is 1. The average molecular weight is 246 g/mol. The highest BCUT2D eigenvalue weighted by molar-refractivity contribution is 6.37. The van der Waals surface area contributed by atoms with Crippen LogP contribution in [0, 0.1) is 5.41 Å². The topological polar surface area (TPSA) is 38.3 Å². The molecule has 2 aliphatic rings. The molecule has 0 radical (unpaired) electrons. The molecule has 0 aromatic heterocycles. The zero-order chi connectivity index (χ0) is 12.0. The molecule has 3 nitrogen and oxygen atoms in total. The number of esters is 1. The summed E-state index contributed by atoms with van der Waals surface area (Å²) < 4.78 is 5.40. The first-order valence-electron chi connectivity index (χ1n) is 5.92. The van der Waals surface area contributed by atoms with E-state index in [2.05, 4.69) is 5.32 Å². The zero-order valence-electron chi connectivity index (χ0n) is 10.2. The molecular formula is C12H20ClNO2. The van der Waals surface area contributed by atoms with Gasteiger partial charge in [-0.05, 0) is 53.1 Å². The number of hydrogen-bond donors (Lipinski definition) is 1. The fourth-order valence-electron chi connectivity index (χ4n) is 2.55. The molecule has 0 aromatic carbocycles. The predicted octanol–water partition coefficient (Wildman–Crippen LogP) is 2.08. The third-order valence-electron chi connectivity index (χ3n) is 3.58. The number of alkyl halides is 1. The van der Waals surface area contributed by atoms with Crippen LogP contribution in [0.15, 0.2) is 0 Å². The number of ether oxygens (including phenoxy) is 1. The Kier molecular flexibility index (Phi) is 2.75. The maximum Gasteiger partial charge on any atom is 0.328 e. The summed E-state index contributed by atoms with van der Waals surface area (Å²) in [6.07, 6.45) is 2.74. The molecule has 0 amide bonds. The van der Waals surface area contributed by atoms with Crippen LogP contribution in [-0.4, -0.2) is 29.5 Å². The van der Waals surface area contributed by atoms with E-state index in [1.54, 1.807) is 0 Å². The van der Waals surface area contributed by atoms with E-state index in [4.69, 9.17) is 16.3 Å². The Morgan fingerprint density at radius 2 is 1.88 bits per heavy atom. The van der Waals surface area contributed by atoms with Crippen LogP contribution < -0.4 is 5.32 Å². The number of rotatable bonds is 1. The van der Waals surface area contributed by atoms with Crippen LogP contribution in [0.1, 0.15) is 40.0 Å². The van der Waals surface area contributed by atoms with Crippen LogP contribution in [0.2, 0.25) is 0 Å². The van der Waals surface area contributed by atoms with E-state index in [-0.39, 0.29) is 11.4 Å². The minimum absolute atomic E-state index is 0.00212. The van der Waals surface area contributed by atoms with Crippen LogP contribution >= 0.6 is 11.6 Å². The number of hydrogen-bond acceptors (Lipinski definition) is 3. The lowest BCUT2D eigenvalue weighted by molar-refractivity contribution is -0.156. The van der Waals surface area contributed by atoms with E-state index < -0.39 is 10.5 Å². The molecule has 2 fully saturated rings. The molecule has 4 heteroatoms. The molecule has 0 aromatic rings. The van der Waals surface area contributed by atoms with Crippen molar-refractivity contribution in [1.29, 1.82) is 0 Å². The van der Waals surface area contributed by atoms with Crippen molar-refractivity contribution in [2.24, 2.45) is 5.41 Å². The van der Waals surface area contributed by atoms with Gasteiger partial charge in [0.25, 0.3) is 0 Å². The van der Waals surface area contributed by atoms with Gasteiger partial charge in [0.1, 0.15) is 10.5 Å². The minimum Gasteiger partial charge on any atom is -0.459 e. The van der Waals surface area contributed by atoms with Gasteiger partial charge < -0.3 is 10.1 Å². The molecule has 16 heavy (non-hydrogen) atoms. The fourth-order valence-corrected chi connectivity index (χ4v) is 3.03. The van der Waals surface area contributed by atoms with E-state index in [0.717, 1.165) is 32.4 Å². The lowest BCUT2D eigenvalue weighted by atomic mass is 9.91. The molecule has 1 aliphatic heterocycles. The average Bonchev–Trinajstić information content (AvgIpc) is 2.71. The Balaban J connectivity index is 2.03. The molecule has 1 saturated carbocycles. The second kappa shape index (κ2) is 3.61. The molecule has 1 N–H and O–H groups in total. The van der Waals surface area contributed by atoms with Gasteiger partial charge >= 0.3 is 5.97 Å². The Morgan fingerprint density at radius 1 is 1.31 bits per heavy atom. The fraction of sp³-hybridized carbons (Fsp3) is 0.917. The van der Waals surface area contributed by atoms with E-state index in [9.17, 15) is 4.79 Å². The van der Waals surface area contributed by atoms with Crippen molar-refractivity contribution in [1.82, 2.24) is 5.32 Å². The largest absolute Gasteiger partial charge is 0.459 e. The Hall–Kier alpha value is -0.280. The first kappa shape index (κ1) is 12.2. The molecule has 1 atom stereocenters. The Bertz CT molecular complexity index is 305. The highest BCUT2D eigenvalue weighted by Crippen LogP contribution is 2.66. The van der Waals surface area contributed by atoms with Gasteiger partial charge in [0.05, 0.1) is 0 Å². The normalized spacial score (nSPS) is 32.5. The monoisotopic (exact) mass is 245 g/mol. The van der Waals surface area contributed by atoms with Gasteiger partial charge in [-0.25, -0.2) is 0 Å². The number of carbonyl (C=O) groups is 1. The highest BCUT2D eigenvalue weighted by atomic mass is 35.5. The summed E-state index contributed by atoms with van der Waals surface area (Å²) in [7, 11) is 0. The predicted molar refractivity (Wildman–Crippen MR) is 63.6 cm³/mol. The molecule has 1 aliphatic carbocycles. The van der Waals surface area contributed by atoms with Gasteiger partial charge in [-0.2, -0.15) is 0 Å². The van der Waals surface area contributed by atoms with Crippen LogP contribution in [0.3, 0.4) is 0 Å². The summed E-state index contributed by atoms with van der Waals surface area (Å²) in [5, 5.41) is 3.29. The molecule has 2 rings (SSSR count). The number of nitrogens with one attached hydrogen (secondary N) is 1. The first-order valence-corrected chi connectivity index (χ1v) is 6.30. The Morgan fingerprint density at radius 3 is 2.38 bits per heavy atom. The van der Waals surface area contributed by atoms with Gasteiger partial charge in [-0.15, -0.1) is 11.6 Å². The van der Waals surface area contributed by atoms with Crippen molar-refractivity contribution in [2.75, 3.05) is 13.1 Å². The summed E-state index contributed by atoms with van der Waals surface area (Å²) >= 11 is 6.43. The maximum atomic E-state index is 12.0. The summed E-state index contributed by atoms with van der Waals surface area (Å²) in [6, 6.07) is 0. The van der Waals surface area contributed by atoms with E-state index >= 15 is 0 Å². The summed E-state index contributed by atoms with van der Waals surface area (Å²) in [5.74, 6) is -0.233. The van der Waals surface area contributed by atoms with E-state index in [1.165, 1.54) is 0 Å². The summed E-state index contributed by atoms with van der Waals surface area (Å²) in [5.41, 5.74) is -0.447. The van der Waals surface area contributed by atoms with Crippen molar-refractivity contribution in [2.45, 2.75) is 50.5 Å². The third kappa shape index (κ3) is 1.95. The van der Waals surface area contributed by atoms with Crippen molar-refractivity contribution in [3.8, 4) is 0 Å². The molecular weight excluding hydrogens is 226 g/mol. The quantitative estimate of drug-likeness (QED) is 0.568. The lowest BCUT2D eigenvalue weighted by Gasteiger charge is -2.27. The van der Waals surface area contributed by atoms with Gasteiger partial charge in [-0.3, -0.25) is 4.79 Å². The van der Waals surface area contributed by atoms with Crippen LogP contribution in [0.4, 0.5) is 0 Å². The van der Waals surface area contributed by atoms with Crippen molar-refractivity contribution in [3.05, 3.63) is 0 Å². The van der Waals surface area contributed by atoms with Crippen molar-refractivity contribution in [3.63, 3.8) is 0 Å². The zero-order valence-corrected chi connectivity index (χ0v) is 11.0. The molecule has 1 spiro atoms. The number of piperidine rings is 1. The van der Waals surface area contributed by atoms with E-state index in [0.29, 0.717) is 0 Å². The van der Waals surface area contributed by atoms with Gasteiger partial charge in [0, 0.05) is 5.41 Å². The van der Waals surface area contributed by atoms with Gasteiger partial charge in [-0.1, -0.05) is 0 Å². The molecule has 1 heterocycles. The minimum atomic E-state index is -0.748. The highest BCUT2D eigenvalue weighted by Gasteiger charge is 2.72. The summed E-state index contributed by atoms with van der Waals surface area (Å²) in [6.45, 7) is 7.54. The van der Waals surface area contributed by atoms with Crippen molar-refractivity contribution < 1.29 is 9.53 Å². The van der Waals surface area contributed by atoms with Gasteiger partial charge in [0.15, 0.2) is 0 Å². The lowest BCUT2D eigenvalue weighted by Crippen LogP contribution is -2.38. The Labute approximate surface area is 102 Å². The van der Waals surface area contributed by atoms with Crippen LogP contribution in [0.25, 0.3) is 0 Å². The second-order valence-electron chi connectivity index (χ2n) is 6.01. The standard InChI is InChI=1S/C12H20ClNO2/c1-10(2,3)16-9(15)12(13)8-11(12)4-6-14-7-5-11/h14H,4-8H2,1-3H3. The van der Waals surface area contributed by atoms with Crippen LogP contribution in [-0.2, 0) is 9.53 Å². The van der Waals surface area contributed by atoms with Crippen molar-refractivity contribution >= 4 is 17.6 Å². The molecule has 1 saturated heterocycles. The molecule has 92 valence electrons. The second-order valence-corrected chi connectivity index (χ2v) is 6.66. The first-order chi connectivity index (χ1) is 7.29. The summed E-state index contributed by atoms with van der Waals surface area (Å²) in [4.78, 5) is 11.3. The molecule has 1 unspecified atom stereocenters. The third-order valence-corrected chi connectivity index (χ3v) is 4.27. The number of carbonyl (C=O) groups excluding carboxylic acids is 1. The smallest absolute Gasteiger partial charge is 0.328 e. The van der Waals surface area contributed by atoms with E-state index in [1.807, 2.05) is 20.8 Å². The molecule has 0 bridgehead atoms. The van der Waals surface area contributed by atoms with Crippen LogP contribution in [0.5, 0.6) is 0 Å². The maximum absolute atomic E-state index is 12.0. The SMILES string of the molecule is CC(C)(C)OC(=O)C1(Cl)CC12CCNCC2.